The normalized spacial score (nSPS) is 11.7. The SMILES string of the molecule is CCc1nn(C(C)C)c(CC)c1-c1ccc(C(C)(C)C)cc1.[Pd]. The summed E-state index contributed by atoms with van der Waals surface area (Å²) >= 11 is 0. The van der Waals surface area contributed by atoms with E-state index in [0.29, 0.717) is 6.04 Å². The fourth-order valence-corrected chi connectivity index (χ4v) is 3.01. The summed E-state index contributed by atoms with van der Waals surface area (Å²) in [6, 6.07) is 9.46. The molecular weight excluding hydrogens is 375 g/mol. The zero-order valence-electron chi connectivity index (χ0n) is 15.5. The van der Waals surface area contributed by atoms with Crippen molar-refractivity contribution < 1.29 is 20.4 Å². The zero-order valence-corrected chi connectivity index (χ0v) is 17.1. The van der Waals surface area contributed by atoms with E-state index in [-0.39, 0.29) is 25.8 Å². The molecule has 0 N–H and O–H groups in total. The van der Waals surface area contributed by atoms with Gasteiger partial charge in [-0.05, 0) is 43.2 Å². The molecule has 0 aliphatic carbocycles. The minimum absolute atomic E-state index is 0. The van der Waals surface area contributed by atoms with Gasteiger partial charge in [0, 0.05) is 37.7 Å². The van der Waals surface area contributed by atoms with Crippen molar-refractivity contribution in [3.8, 4) is 11.1 Å². The van der Waals surface area contributed by atoms with Crippen molar-refractivity contribution in [2.24, 2.45) is 0 Å². The third-order valence-electron chi connectivity index (χ3n) is 4.28. The molecule has 1 heterocycles. The first-order valence-electron chi connectivity index (χ1n) is 8.50. The molecule has 0 saturated heterocycles. The molecular formula is C20H30N2Pd. The van der Waals surface area contributed by atoms with Gasteiger partial charge in [-0.15, -0.1) is 0 Å². The molecule has 0 unspecified atom stereocenters. The summed E-state index contributed by atoms with van der Waals surface area (Å²) in [6.45, 7) is 15.6. The van der Waals surface area contributed by atoms with Gasteiger partial charge in [-0.1, -0.05) is 58.9 Å². The van der Waals surface area contributed by atoms with E-state index in [1.165, 1.54) is 28.1 Å². The van der Waals surface area contributed by atoms with Crippen LogP contribution in [0.5, 0.6) is 0 Å². The standard InChI is InChI=1S/C20H30N2.Pd/c1-8-17-19(18(9-2)22(21-17)14(3)4)15-10-12-16(13-11-15)20(5,6)7;/h10-14H,8-9H2,1-7H3;. The van der Waals surface area contributed by atoms with E-state index in [1.807, 2.05) is 0 Å². The van der Waals surface area contributed by atoms with Crippen molar-refractivity contribution in [2.75, 3.05) is 0 Å². The van der Waals surface area contributed by atoms with Crippen molar-refractivity contribution in [1.29, 1.82) is 0 Å². The van der Waals surface area contributed by atoms with E-state index in [9.17, 15) is 0 Å². The number of nitrogens with zero attached hydrogens (tertiary/aromatic N) is 2. The topological polar surface area (TPSA) is 17.8 Å². The molecule has 1 aromatic heterocycles. The third-order valence-corrected chi connectivity index (χ3v) is 4.28. The van der Waals surface area contributed by atoms with Gasteiger partial charge in [-0.2, -0.15) is 5.10 Å². The maximum absolute atomic E-state index is 4.86. The fraction of sp³-hybridized carbons (Fsp3) is 0.550. The molecule has 23 heavy (non-hydrogen) atoms. The minimum atomic E-state index is 0. The largest absolute Gasteiger partial charge is 0.266 e. The average Bonchev–Trinajstić information content (AvgIpc) is 2.85. The number of rotatable bonds is 4. The first-order valence-corrected chi connectivity index (χ1v) is 8.50. The maximum atomic E-state index is 4.86. The minimum Gasteiger partial charge on any atom is -0.266 e. The van der Waals surface area contributed by atoms with Gasteiger partial charge in [-0.3, -0.25) is 4.68 Å². The number of aromatic nitrogens is 2. The van der Waals surface area contributed by atoms with Crippen molar-refractivity contribution in [1.82, 2.24) is 9.78 Å². The predicted octanol–water partition coefficient (Wildman–Crippen LogP) is 5.55. The molecule has 0 aliphatic rings. The van der Waals surface area contributed by atoms with E-state index in [0.717, 1.165) is 12.8 Å². The van der Waals surface area contributed by atoms with Crippen LogP contribution in [0.3, 0.4) is 0 Å². The Morgan fingerprint density at radius 3 is 1.96 bits per heavy atom. The molecule has 0 fully saturated rings. The average molecular weight is 405 g/mol. The smallest absolute Gasteiger partial charge is 0.0703 e. The van der Waals surface area contributed by atoms with E-state index in [4.69, 9.17) is 5.10 Å². The van der Waals surface area contributed by atoms with Crippen LogP contribution in [0.2, 0.25) is 0 Å². The molecule has 0 saturated carbocycles. The second kappa shape index (κ2) is 7.78. The Morgan fingerprint density at radius 2 is 1.57 bits per heavy atom. The van der Waals surface area contributed by atoms with Crippen LogP contribution in [-0.4, -0.2) is 9.78 Å². The van der Waals surface area contributed by atoms with Crippen molar-refractivity contribution in [3.05, 3.63) is 41.2 Å². The summed E-state index contributed by atoms with van der Waals surface area (Å²) < 4.78 is 2.20. The summed E-state index contributed by atoms with van der Waals surface area (Å²) in [6.07, 6.45) is 1.99. The molecule has 2 aromatic rings. The number of aryl methyl sites for hydroxylation is 1. The Morgan fingerprint density at radius 1 is 1.00 bits per heavy atom. The molecule has 0 radical (unpaired) electrons. The van der Waals surface area contributed by atoms with Crippen molar-refractivity contribution in [2.45, 2.75) is 72.8 Å². The summed E-state index contributed by atoms with van der Waals surface area (Å²) in [7, 11) is 0. The summed E-state index contributed by atoms with van der Waals surface area (Å²) in [5.41, 5.74) is 6.79. The van der Waals surface area contributed by atoms with E-state index < -0.39 is 0 Å². The van der Waals surface area contributed by atoms with Crippen LogP contribution in [0.1, 0.15) is 71.5 Å². The van der Waals surface area contributed by atoms with Crippen LogP contribution in [0, 0.1) is 0 Å². The maximum Gasteiger partial charge on any atom is 0.0703 e. The second-order valence-corrected chi connectivity index (χ2v) is 7.34. The van der Waals surface area contributed by atoms with Crippen LogP contribution in [0.15, 0.2) is 24.3 Å². The van der Waals surface area contributed by atoms with Crippen LogP contribution in [0.25, 0.3) is 11.1 Å². The van der Waals surface area contributed by atoms with Gasteiger partial charge < -0.3 is 0 Å². The Kier molecular flexibility index (Phi) is 6.81. The Balaban J connectivity index is 0.00000264. The van der Waals surface area contributed by atoms with Gasteiger partial charge in [-0.25, -0.2) is 0 Å². The molecule has 0 atom stereocenters. The van der Waals surface area contributed by atoms with Gasteiger partial charge in [0.25, 0.3) is 0 Å². The molecule has 2 rings (SSSR count). The van der Waals surface area contributed by atoms with Crippen molar-refractivity contribution >= 4 is 0 Å². The quantitative estimate of drug-likeness (QED) is 0.611. The Hall–Kier alpha value is -0.908. The monoisotopic (exact) mass is 404 g/mol. The zero-order chi connectivity index (χ0) is 16.5. The fourth-order valence-electron chi connectivity index (χ4n) is 3.01. The summed E-state index contributed by atoms with van der Waals surface area (Å²) in [5, 5.41) is 4.86. The molecule has 3 heteroatoms. The Labute approximate surface area is 155 Å². The molecule has 2 nitrogen and oxygen atoms in total. The van der Waals surface area contributed by atoms with Gasteiger partial charge in [0.15, 0.2) is 0 Å². The van der Waals surface area contributed by atoms with E-state index in [2.05, 4.69) is 77.4 Å². The summed E-state index contributed by atoms with van der Waals surface area (Å²) in [5.74, 6) is 0. The number of benzene rings is 1. The second-order valence-electron chi connectivity index (χ2n) is 7.34. The number of hydrogen-bond donors (Lipinski definition) is 0. The molecule has 130 valence electrons. The van der Waals surface area contributed by atoms with Crippen LogP contribution in [0.4, 0.5) is 0 Å². The van der Waals surface area contributed by atoms with Gasteiger partial charge >= 0.3 is 0 Å². The molecule has 0 bridgehead atoms. The van der Waals surface area contributed by atoms with Crippen LogP contribution < -0.4 is 0 Å². The third kappa shape index (κ3) is 4.14. The van der Waals surface area contributed by atoms with Gasteiger partial charge in [0.1, 0.15) is 0 Å². The Bertz CT molecular complexity index is 631. The van der Waals surface area contributed by atoms with Crippen LogP contribution in [-0.2, 0) is 38.7 Å². The number of hydrogen-bond acceptors (Lipinski definition) is 1. The van der Waals surface area contributed by atoms with E-state index in [1.54, 1.807) is 0 Å². The van der Waals surface area contributed by atoms with Crippen LogP contribution >= 0.6 is 0 Å². The van der Waals surface area contributed by atoms with Gasteiger partial charge in [0.05, 0.1) is 5.69 Å². The van der Waals surface area contributed by atoms with Gasteiger partial charge in [0.2, 0.25) is 0 Å². The molecule has 1 aromatic carbocycles. The first kappa shape index (κ1) is 20.1. The van der Waals surface area contributed by atoms with Crippen molar-refractivity contribution in [3.63, 3.8) is 0 Å². The molecule has 0 aliphatic heterocycles. The predicted molar refractivity (Wildman–Crippen MR) is 95.5 cm³/mol. The first-order chi connectivity index (χ1) is 10.3. The summed E-state index contributed by atoms with van der Waals surface area (Å²) in [4.78, 5) is 0. The molecule has 0 spiro atoms. The van der Waals surface area contributed by atoms with E-state index >= 15 is 0 Å². The molecule has 0 amide bonds.